The topological polar surface area (TPSA) is 78.4 Å². The van der Waals surface area contributed by atoms with Gasteiger partial charge in [0, 0.05) is 6.54 Å². The van der Waals surface area contributed by atoms with Crippen LogP contribution in [0.25, 0.3) is 0 Å². The molecule has 5 nitrogen and oxygen atoms in total. The Morgan fingerprint density at radius 3 is 2.88 bits per heavy atom. The van der Waals surface area contributed by atoms with Gasteiger partial charge in [-0.3, -0.25) is 0 Å². The Kier molecular flexibility index (Phi) is 4.78. The van der Waals surface area contributed by atoms with E-state index in [0.29, 0.717) is 12.2 Å². The van der Waals surface area contributed by atoms with Gasteiger partial charge in [-0.15, -0.1) is 11.3 Å². The van der Waals surface area contributed by atoms with Crippen LogP contribution in [0.3, 0.4) is 0 Å². The Bertz CT molecular complexity index is 376. The highest BCUT2D eigenvalue weighted by Crippen LogP contribution is 2.21. The SMILES string of the molecule is CCCCNC(=O)Nc1ccsc1C(=O)O. The van der Waals surface area contributed by atoms with Crippen molar-refractivity contribution in [2.45, 2.75) is 19.8 Å². The van der Waals surface area contributed by atoms with Crippen molar-refractivity contribution in [3.8, 4) is 0 Å². The summed E-state index contributed by atoms with van der Waals surface area (Å²) in [5.41, 5.74) is 0.339. The first-order valence-corrected chi connectivity index (χ1v) is 5.88. The maximum absolute atomic E-state index is 11.3. The zero-order valence-corrected chi connectivity index (χ0v) is 9.76. The lowest BCUT2D eigenvalue weighted by atomic mass is 10.3. The maximum atomic E-state index is 11.3. The fourth-order valence-corrected chi connectivity index (χ4v) is 1.81. The van der Waals surface area contributed by atoms with E-state index in [9.17, 15) is 9.59 Å². The molecule has 0 radical (unpaired) electrons. The lowest BCUT2D eigenvalue weighted by molar-refractivity contribution is 0.0703. The first kappa shape index (κ1) is 12.5. The van der Waals surface area contributed by atoms with Crippen LogP contribution in [-0.4, -0.2) is 23.7 Å². The number of unbranched alkanes of at least 4 members (excludes halogenated alkanes) is 1. The highest BCUT2D eigenvalue weighted by molar-refractivity contribution is 7.12. The number of carbonyl (C=O) groups excluding carboxylic acids is 1. The van der Waals surface area contributed by atoms with E-state index < -0.39 is 5.97 Å². The van der Waals surface area contributed by atoms with Crippen LogP contribution in [0.15, 0.2) is 11.4 Å². The monoisotopic (exact) mass is 242 g/mol. The lowest BCUT2D eigenvalue weighted by Gasteiger charge is -2.06. The van der Waals surface area contributed by atoms with Gasteiger partial charge in [0.1, 0.15) is 4.88 Å². The number of rotatable bonds is 5. The van der Waals surface area contributed by atoms with Crippen LogP contribution in [0.1, 0.15) is 29.4 Å². The first-order valence-electron chi connectivity index (χ1n) is 5.00. The Morgan fingerprint density at radius 1 is 1.50 bits per heavy atom. The van der Waals surface area contributed by atoms with Crippen LogP contribution in [0.2, 0.25) is 0 Å². The molecular weight excluding hydrogens is 228 g/mol. The summed E-state index contributed by atoms with van der Waals surface area (Å²) in [5.74, 6) is -1.03. The molecule has 0 bridgehead atoms. The third-order valence-corrected chi connectivity index (χ3v) is 2.83. The number of hydrogen-bond acceptors (Lipinski definition) is 3. The highest BCUT2D eigenvalue weighted by atomic mass is 32.1. The predicted octanol–water partition coefficient (Wildman–Crippen LogP) is 2.37. The quantitative estimate of drug-likeness (QED) is 0.693. The molecule has 0 aliphatic carbocycles. The molecule has 0 saturated carbocycles. The number of carbonyl (C=O) groups is 2. The van der Waals surface area contributed by atoms with E-state index >= 15 is 0 Å². The van der Waals surface area contributed by atoms with Gasteiger partial charge in [0.2, 0.25) is 0 Å². The lowest BCUT2D eigenvalue weighted by Crippen LogP contribution is -2.29. The minimum Gasteiger partial charge on any atom is -0.477 e. The van der Waals surface area contributed by atoms with Gasteiger partial charge < -0.3 is 15.7 Å². The molecule has 88 valence electrons. The molecule has 0 aliphatic rings. The second-order valence-corrected chi connectivity index (χ2v) is 4.12. The average molecular weight is 242 g/mol. The van der Waals surface area contributed by atoms with E-state index in [1.807, 2.05) is 6.92 Å². The smallest absolute Gasteiger partial charge is 0.348 e. The second kappa shape index (κ2) is 6.12. The number of carboxylic acids is 1. The summed E-state index contributed by atoms with van der Waals surface area (Å²) >= 11 is 1.09. The largest absolute Gasteiger partial charge is 0.477 e. The highest BCUT2D eigenvalue weighted by Gasteiger charge is 2.13. The number of amides is 2. The molecule has 16 heavy (non-hydrogen) atoms. The summed E-state index contributed by atoms with van der Waals surface area (Å²) < 4.78 is 0. The molecular formula is C10H14N2O3S. The number of nitrogens with one attached hydrogen (secondary N) is 2. The molecule has 1 heterocycles. The van der Waals surface area contributed by atoms with Crippen LogP contribution in [0.5, 0.6) is 0 Å². The van der Waals surface area contributed by atoms with Crippen molar-refractivity contribution in [3.63, 3.8) is 0 Å². The van der Waals surface area contributed by atoms with Crippen molar-refractivity contribution in [1.82, 2.24) is 5.32 Å². The van der Waals surface area contributed by atoms with Crippen molar-refractivity contribution in [3.05, 3.63) is 16.3 Å². The molecule has 0 atom stereocenters. The molecule has 1 aromatic heterocycles. The molecule has 0 spiro atoms. The number of aromatic carboxylic acids is 1. The summed E-state index contributed by atoms with van der Waals surface area (Å²) in [4.78, 5) is 22.3. The summed E-state index contributed by atoms with van der Waals surface area (Å²) in [6.07, 6.45) is 1.90. The molecule has 0 fully saturated rings. The van der Waals surface area contributed by atoms with E-state index in [2.05, 4.69) is 10.6 Å². The van der Waals surface area contributed by atoms with Gasteiger partial charge in [-0.25, -0.2) is 9.59 Å². The van der Waals surface area contributed by atoms with Crippen molar-refractivity contribution < 1.29 is 14.7 Å². The first-order chi connectivity index (χ1) is 7.65. The Morgan fingerprint density at radius 2 is 2.25 bits per heavy atom. The normalized spacial score (nSPS) is 9.81. The van der Waals surface area contributed by atoms with Gasteiger partial charge in [0.05, 0.1) is 5.69 Å². The number of hydrogen-bond donors (Lipinski definition) is 3. The minimum atomic E-state index is -1.03. The number of thiophene rings is 1. The molecule has 0 aromatic carbocycles. The third-order valence-electron chi connectivity index (χ3n) is 1.92. The molecule has 2 amide bonds. The molecule has 3 N–H and O–H groups in total. The Balaban J connectivity index is 2.49. The van der Waals surface area contributed by atoms with Crippen LogP contribution in [0, 0.1) is 0 Å². The number of anilines is 1. The van der Waals surface area contributed by atoms with E-state index in [1.165, 1.54) is 0 Å². The van der Waals surface area contributed by atoms with Crippen LogP contribution < -0.4 is 10.6 Å². The van der Waals surface area contributed by atoms with Crippen LogP contribution in [-0.2, 0) is 0 Å². The molecule has 1 rings (SSSR count). The Labute approximate surface area is 97.5 Å². The van der Waals surface area contributed by atoms with Gasteiger partial charge in [-0.05, 0) is 17.9 Å². The van der Waals surface area contributed by atoms with Gasteiger partial charge in [0.25, 0.3) is 0 Å². The average Bonchev–Trinajstić information content (AvgIpc) is 2.66. The molecule has 1 aromatic rings. The summed E-state index contributed by atoms with van der Waals surface area (Å²) in [6, 6.07) is 1.21. The van der Waals surface area contributed by atoms with E-state index in [-0.39, 0.29) is 10.9 Å². The zero-order chi connectivity index (χ0) is 12.0. The second-order valence-electron chi connectivity index (χ2n) is 3.20. The number of urea groups is 1. The predicted molar refractivity (Wildman–Crippen MR) is 63.2 cm³/mol. The van der Waals surface area contributed by atoms with E-state index in [1.54, 1.807) is 11.4 Å². The van der Waals surface area contributed by atoms with Crippen LogP contribution >= 0.6 is 11.3 Å². The van der Waals surface area contributed by atoms with Gasteiger partial charge in [-0.2, -0.15) is 0 Å². The van der Waals surface area contributed by atoms with Crippen molar-refractivity contribution in [1.29, 1.82) is 0 Å². The molecule has 0 unspecified atom stereocenters. The fourth-order valence-electron chi connectivity index (χ4n) is 1.12. The fraction of sp³-hybridized carbons (Fsp3) is 0.400. The molecule has 0 aliphatic heterocycles. The van der Waals surface area contributed by atoms with Crippen molar-refractivity contribution in [2.24, 2.45) is 0 Å². The minimum absolute atomic E-state index is 0.144. The maximum Gasteiger partial charge on any atom is 0.348 e. The standard InChI is InChI=1S/C10H14N2O3S/c1-2-3-5-11-10(15)12-7-4-6-16-8(7)9(13)14/h4,6H,2-3,5H2,1H3,(H,13,14)(H2,11,12,15). The molecule has 0 saturated heterocycles. The summed E-state index contributed by atoms with van der Waals surface area (Å²) in [7, 11) is 0. The van der Waals surface area contributed by atoms with Crippen molar-refractivity contribution >= 4 is 29.0 Å². The van der Waals surface area contributed by atoms with Crippen molar-refractivity contribution in [2.75, 3.05) is 11.9 Å². The summed E-state index contributed by atoms with van der Waals surface area (Å²) in [6.45, 7) is 2.62. The molecule has 6 heteroatoms. The Hall–Kier alpha value is -1.56. The van der Waals surface area contributed by atoms with Gasteiger partial charge in [0.15, 0.2) is 0 Å². The van der Waals surface area contributed by atoms with E-state index in [4.69, 9.17) is 5.11 Å². The van der Waals surface area contributed by atoms with Gasteiger partial charge >= 0.3 is 12.0 Å². The third kappa shape index (κ3) is 3.54. The zero-order valence-electron chi connectivity index (χ0n) is 8.95. The van der Waals surface area contributed by atoms with Crippen LogP contribution in [0.4, 0.5) is 10.5 Å². The summed E-state index contributed by atoms with van der Waals surface area (Å²) in [5, 5.41) is 15.6. The van der Waals surface area contributed by atoms with E-state index in [0.717, 1.165) is 24.2 Å². The number of carboxylic acid groups (broad SMARTS) is 1. The van der Waals surface area contributed by atoms with Gasteiger partial charge in [-0.1, -0.05) is 13.3 Å².